The fourth-order valence-corrected chi connectivity index (χ4v) is 7.01. The van der Waals surface area contributed by atoms with Gasteiger partial charge in [0.25, 0.3) is 0 Å². The highest BCUT2D eigenvalue weighted by atomic mass is 35.5. The van der Waals surface area contributed by atoms with Crippen molar-refractivity contribution in [1.82, 2.24) is 10.3 Å². The third kappa shape index (κ3) is 2.91. The van der Waals surface area contributed by atoms with Crippen LogP contribution in [0.3, 0.4) is 0 Å². The van der Waals surface area contributed by atoms with E-state index in [9.17, 15) is 14.4 Å². The number of hydrogen-bond donors (Lipinski definition) is 3. The number of nitrogens with one attached hydrogen (secondary N) is 3. The molecule has 4 aliphatic heterocycles. The standard InChI is InChI=1S/C29H21ClN4O5/c30-18-6-3-5-17-25(18)32-28(37)29(17)24-23(20(33-29)10-14-12-31-19-7-2-1-4-16(14)19)26(35)34(27(24)36)15-8-9-21-22(11-15)39-13-38-21/h1-9,11-12,20,23-24,31,33H,10,13H2,(H,32,37)/t20-,23+,24-,29+/m0/s1. The van der Waals surface area contributed by atoms with Crippen molar-refractivity contribution >= 4 is 51.6 Å². The fourth-order valence-electron chi connectivity index (χ4n) is 6.78. The Morgan fingerprint density at radius 3 is 2.72 bits per heavy atom. The summed E-state index contributed by atoms with van der Waals surface area (Å²) in [5.41, 5.74) is 1.94. The summed E-state index contributed by atoms with van der Waals surface area (Å²) in [4.78, 5) is 46.7. The Bertz CT molecular complexity index is 1750. The van der Waals surface area contributed by atoms with Crippen LogP contribution in [-0.4, -0.2) is 35.5 Å². The molecular weight excluding hydrogens is 520 g/mol. The number of ether oxygens (including phenoxy) is 2. The van der Waals surface area contributed by atoms with Crippen LogP contribution in [0.5, 0.6) is 11.5 Å². The number of aromatic nitrogens is 1. The zero-order valence-electron chi connectivity index (χ0n) is 20.4. The average Bonchev–Trinajstić information content (AvgIpc) is 3.73. The van der Waals surface area contributed by atoms with Gasteiger partial charge in [0.1, 0.15) is 5.54 Å². The van der Waals surface area contributed by atoms with Gasteiger partial charge in [-0.05, 0) is 36.2 Å². The monoisotopic (exact) mass is 540 g/mol. The van der Waals surface area contributed by atoms with Gasteiger partial charge in [-0.3, -0.25) is 19.7 Å². The van der Waals surface area contributed by atoms with Gasteiger partial charge in [0.2, 0.25) is 24.5 Å². The first kappa shape index (κ1) is 22.6. The van der Waals surface area contributed by atoms with E-state index < -0.39 is 35.2 Å². The van der Waals surface area contributed by atoms with Gasteiger partial charge in [-0.2, -0.15) is 0 Å². The molecule has 10 heteroatoms. The number of carbonyl (C=O) groups excluding carboxylic acids is 3. The molecule has 3 N–H and O–H groups in total. The number of amides is 3. The topological polar surface area (TPSA) is 113 Å². The van der Waals surface area contributed by atoms with Crippen LogP contribution in [-0.2, 0) is 26.3 Å². The number of fused-ring (bicyclic) bond motifs is 6. The molecule has 1 spiro atoms. The van der Waals surface area contributed by atoms with Gasteiger partial charge in [0, 0.05) is 34.8 Å². The summed E-state index contributed by atoms with van der Waals surface area (Å²) in [7, 11) is 0. The van der Waals surface area contributed by atoms with Crippen LogP contribution in [0.15, 0.2) is 66.9 Å². The van der Waals surface area contributed by atoms with Crippen molar-refractivity contribution in [3.63, 3.8) is 0 Å². The number of H-pyrrole nitrogens is 1. The molecule has 4 aliphatic rings. The van der Waals surface area contributed by atoms with Crippen LogP contribution in [0.25, 0.3) is 10.9 Å². The molecule has 194 valence electrons. The number of halogens is 1. The van der Waals surface area contributed by atoms with Crippen molar-refractivity contribution in [1.29, 1.82) is 0 Å². The smallest absolute Gasteiger partial charge is 0.250 e. The van der Waals surface area contributed by atoms with Crippen LogP contribution in [0.2, 0.25) is 5.02 Å². The van der Waals surface area contributed by atoms with Crippen molar-refractivity contribution in [2.75, 3.05) is 17.0 Å². The van der Waals surface area contributed by atoms with E-state index in [1.165, 1.54) is 4.90 Å². The van der Waals surface area contributed by atoms with E-state index in [1.807, 2.05) is 30.5 Å². The lowest BCUT2D eigenvalue weighted by Gasteiger charge is -2.29. The Morgan fingerprint density at radius 1 is 0.974 bits per heavy atom. The van der Waals surface area contributed by atoms with Gasteiger partial charge in [-0.15, -0.1) is 0 Å². The second-order valence-corrected chi connectivity index (χ2v) is 10.7. The minimum Gasteiger partial charge on any atom is -0.454 e. The summed E-state index contributed by atoms with van der Waals surface area (Å²) in [5.74, 6) is -1.94. The molecule has 4 atom stereocenters. The lowest BCUT2D eigenvalue weighted by Crippen LogP contribution is -2.53. The maximum absolute atomic E-state index is 14.2. The van der Waals surface area contributed by atoms with E-state index in [-0.39, 0.29) is 12.7 Å². The Hall–Kier alpha value is -4.34. The summed E-state index contributed by atoms with van der Waals surface area (Å²) in [5, 5.41) is 7.77. The minimum absolute atomic E-state index is 0.0728. The van der Waals surface area contributed by atoms with Crippen molar-refractivity contribution in [3.8, 4) is 11.5 Å². The zero-order valence-corrected chi connectivity index (χ0v) is 21.1. The quantitative estimate of drug-likeness (QED) is 0.341. The van der Waals surface area contributed by atoms with Gasteiger partial charge in [0.05, 0.1) is 28.2 Å². The molecule has 2 fully saturated rings. The van der Waals surface area contributed by atoms with Gasteiger partial charge >= 0.3 is 0 Å². The van der Waals surface area contributed by atoms with Crippen LogP contribution in [0.1, 0.15) is 11.1 Å². The zero-order chi connectivity index (χ0) is 26.5. The summed E-state index contributed by atoms with van der Waals surface area (Å²) < 4.78 is 10.9. The van der Waals surface area contributed by atoms with Gasteiger partial charge < -0.3 is 19.8 Å². The lowest BCUT2D eigenvalue weighted by atomic mass is 9.76. The molecular formula is C29H21ClN4O5. The predicted molar refractivity (Wildman–Crippen MR) is 143 cm³/mol. The van der Waals surface area contributed by atoms with Gasteiger partial charge in [-0.25, -0.2) is 4.90 Å². The van der Waals surface area contributed by atoms with Crippen LogP contribution in [0, 0.1) is 11.8 Å². The molecule has 1 aromatic heterocycles. The van der Waals surface area contributed by atoms with E-state index in [4.69, 9.17) is 21.1 Å². The first-order valence-corrected chi connectivity index (χ1v) is 13.1. The largest absolute Gasteiger partial charge is 0.454 e. The van der Waals surface area contributed by atoms with Gasteiger partial charge in [0.15, 0.2) is 11.5 Å². The molecule has 3 aromatic carbocycles. The minimum atomic E-state index is -1.44. The number of rotatable bonds is 3. The highest BCUT2D eigenvalue weighted by Gasteiger charge is 2.70. The summed E-state index contributed by atoms with van der Waals surface area (Å²) in [6.45, 7) is 0.0728. The third-order valence-corrected chi connectivity index (χ3v) is 8.74. The maximum Gasteiger partial charge on any atom is 0.250 e. The summed E-state index contributed by atoms with van der Waals surface area (Å²) >= 11 is 6.47. The van der Waals surface area contributed by atoms with E-state index >= 15 is 0 Å². The molecule has 39 heavy (non-hydrogen) atoms. The Balaban J connectivity index is 1.28. The molecule has 0 bridgehead atoms. The molecule has 2 saturated heterocycles. The Kier molecular flexibility index (Phi) is 4.55. The highest BCUT2D eigenvalue weighted by molar-refractivity contribution is 6.35. The van der Waals surface area contributed by atoms with E-state index in [1.54, 1.807) is 36.4 Å². The van der Waals surface area contributed by atoms with Crippen LogP contribution < -0.4 is 25.0 Å². The van der Waals surface area contributed by atoms with Crippen LogP contribution in [0.4, 0.5) is 11.4 Å². The van der Waals surface area contributed by atoms with Gasteiger partial charge in [-0.1, -0.05) is 41.9 Å². The number of aromatic amines is 1. The molecule has 8 rings (SSSR count). The molecule has 5 heterocycles. The maximum atomic E-state index is 14.2. The van der Waals surface area contributed by atoms with Crippen molar-refractivity contribution < 1.29 is 23.9 Å². The lowest BCUT2D eigenvalue weighted by molar-refractivity contribution is -0.130. The molecule has 3 amide bonds. The average molecular weight is 541 g/mol. The highest BCUT2D eigenvalue weighted by Crippen LogP contribution is 2.55. The van der Waals surface area contributed by atoms with Crippen LogP contribution >= 0.6 is 11.6 Å². The molecule has 4 aromatic rings. The molecule has 9 nitrogen and oxygen atoms in total. The third-order valence-electron chi connectivity index (χ3n) is 8.43. The molecule has 0 unspecified atom stereocenters. The summed E-state index contributed by atoms with van der Waals surface area (Å²) in [6.07, 6.45) is 2.35. The van der Waals surface area contributed by atoms with Crippen molar-refractivity contribution in [2.24, 2.45) is 11.8 Å². The van der Waals surface area contributed by atoms with Crippen molar-refractivity contribution in [2.45, 2.75) is 18.0 Å². The molecule has 0 saturated carbocycles. The first-order valence-electron chi connectivity index (χ1n) is 12.7. The Morgan fingerprint density at radius 2 is 1.82 bits per heavy atom. The van der Waals surface area contributed by atoms with E-state index in [0.717, 1.165) is 16.5 Å². The number of anilines is 2. The summed E-state index contributed by atoms with van der Waals surface area (Å²) in [6, 6.07) is 17.6. The van der Waals surface area contributed by atoms with Crippen molar-refractivity contribution in [3.05, 3.63) is 83.0 Å². The number of nitrogens with zero attached hydrogens (tertiary/aromatic N) is 1. The Labute approximate surface area is 227 Å². The second kappa shape index (κ2) is 7.84. The second-order valence-electron chi connectivity index (χ2n) is 10.3. The fraction of sp³-hybridized carbons (Fsp3) is 0.207. The van der Waals surface area contributed by atoms with E-state index in [2.05, 4.69) is 15.6 Å². The number of para-hydroxylation sites is 2. The SMILES string of the molecule is O=C1[C@@H]2[C@H](Cc3c[nH]c4ccccc34)N[C@@]3(C(=O)Nc4c(Cl)cccc43)[C@@H]2C(=O)N1c1ccc2c(c1)OCO2. The first-order chi connectivity index (χ1) is 19.0. The number of benzene rings is 3. The number of imide groups is 1. The molecule has 0 aliphatic carbocycles. The molecule has 0 radical (unpaired) electrons. The normalized spacial score (nSPS) is 26.5. The number of carbonyl (C=O) groups is 3. The van der Waals surface area contributed by atoms with E-state index in [0.29, 0.717) is 39.9 Å². The predicted octanol–water partition coefficient (Wildman–Crippen LogP) is 3.72. The number of hydrogen-bond acceptors (Lipinski definition) is 6.